The van der Waals surface area contributed by atoms with Crippen molar-refractivity contribution in [2.75, 3.05) is 18.0 Å². The number of nitrogens with zero attached hydrogens (tertiary/aromatic N) is 2. The molecule has 1 aromatic rings. The van der Waals surface area contributed by atoms with E-state index in [9.17, 15) is 8.78 Å². The Labute approximate surface area is 100.0 Å². The average molecular weight is 238 g/mol. The highest BCUT2D eigenvalue weighted by molar-refractivity contribution is 5.53. The van der Waals surface area contributed by atoms with Crippen molar-refractivity contribution in [3.8, 4) is 0 Å². The highest BCUT2D eigenvalue weighted by atomic mass is 19.3. The van der Waals surface area contributed by atoms with Crippen LogP contribution in [0.15, 0.2) is 18.7 Å². The zero-order valence-corrected chi connectivity index (χ0v) is 10.1. The molecule has 0 atom stereocenters. The molecule has 1 aliphatic rings. The summed E-state index contributed by atoms with van der Waals surface area (Å²) in [7, 11) is 0. The quantitative estimate of drug-likeness (QED) is 0.803. The molecule has 0 radical (unpaired) electrons. The summed E-state index contributed by atoms with van der Waals surface area (Å²) < 4.78 is 25.7. The van der Waals surface area contributed by atoms with Gasteiger partial charge >= 0.3 is 0 Å². The molecule has 0 saturated carbocycles. The first-order valence-electron chi connectivity index (χ1n) is 5.68. The molecule has 4 heteroatoms. The maximum atomic E-state index is 12.8. The molecule has 1 aromatic heterocycles. The molecule has 2 heterocycles. The number of aromatic nitrogens is 1. The number of pyridine rings is 1. The molecule has 17 heavy (non-hydrogen) atoms. The van der Waals surface area contributed by atoms with Gasteiger partial charge in [-0.2, -0.15) is 0 Å². The minimum Gasteiger partial charge on any atom is -0.344 e. The molecule has 0 bridgehead atoms. The average Bonchev–Trinajstić information content (AvgIpc) is 2.25. The summed E-state index contributed by atoms with van der Waals surface area (Å²) in [6.07, 6.45) is 1.65. The van der Waals surface area contributed by atoms with Crippen LogP contribution >= 0.6 is 0 Å². The van der Waals surface area contributed by atoms with E-state index in [1.165, 1.54) is 0 Å². The van der Waals surface area contributed by atoms with E-state index in [4.69, 9.17) is 0 Å². The number of alkyl halides is 2. The van der Waals surface area contributed by atoms with Gasteiger partial charge in [0.2, 0.25) is 0 Å². The van der Waals surface area contributed by atoms with Crippen LogP contribution in [-0.2, 0) is 0 Å². The van der Waals surface area contributed by atoms with Crippen LogP contribution in [0.2, 0.25) is 0 Å². The molecule has 0 amide bonds. The van der Waals surface area contributed by atoms with Crippen molar-refractivity contribution >= 4 is 11.9 Å². The number of rotatable bonds is 3. The van der Waals surface area contributed by atoms with Gasteiger partial charge in [-0.1, -0.05) is 20.4 Å². The first-order chi connectivity index (χ1) is 7.91. The van der Waals surface area contributed by atoms with E-state index in [0.717, 1.165) is 11.3 Å². The van der Waals surface area contributed by atoms with E-state index in [1.54, 1.807) is 11.0 Å². The Morgan fingerprint density at radius 3 is 2.53 bits per heavy atom. The summed E-state index contributed by atoms with van der Waals surface area (Å²) in [5.74, 6) is -1.60. The van der Waals surface area contributed by atoms with Crippen LogP contribution < -0.4 is 4.90 Å². The van der Waals surface area contributed by atoms with Gasteiger partial charge in [-0.3, -0.25) is 0 Å². The minimum absolute atomic E-state index is 0.238. The summed E-state index contributed by atoms with van der Waals surface area (Å²) in [5.41, 5.74) is 1.83. The highest BCUT2D eigenvalue weighted by Gasteiger charge is 2.44. The zero-order valence-electron chi connectivity index (χ0n) is 10.1. The smallest absolute Gasteiger partial charge is 0.282 e. The Kier molecular flexibility index (Phi) is 2.89. The van der Waals surface area contributed by atoms with Crippen LogP contribution in [0.5, 0.6) is 0 Å². The van der Waals surface area contributed by atoms with Gasteiger partial charge in [0.1, 0.15) is 5.82 Å². The van der Waals surface area contributed by atoms with E-state index in [-0.39, 0.29) is 13.1 Å². The Morgan fingerprint density at radius 1 is 1.41 bits per heavy atom. The number of anilines is 1. The number of hydrogen-bond acceptors (Lipinski definition) is 2. The van der Waals surface area contributed by atoms with Crippen LogP contribution in [0.1, 0.15) is 31.0 Å². The van der Waals surface area contributed by atoms with Crippen LogP contribution in [0.3, 0.4) is 0 Å². The lowest BCUT2D eigenvalue weighted by atomic mass is 10.0. The summed E-state index contributed by atoms with van der Waals surface area (Å²) in [6.45, 7) is 7.33. The van der Waals surface area contributed by atoms with Gasteiger partial charge in [0.25, 0.3) is 5.92 Å². The van der Waals surface area contributed by atoms with Crippen molar-refractivity contribution in [1.82, 2.24) is 4.98 Å². The van der Waals surface area contributed by atoms with Gasteiger partial charge < -0.3 is 4.90 Å². The largest absolute Gasteiger partial charge is 0.344 e. The fourth-order valence-corrected chi connectivity index (χ4v) is 1.83. The van der Waals surface area contributed by atoms with Crippen molar-refractivity contribution in [1.29, 1.82) is 0 Å². The second-order valence-electron chi connectivity index (χ2n) is 4.75. The molecular weight excluding hydrogens is 222 g/mol. The monoisotopic (exact) mass is 238 g/mol. The Morgan fingerprint density at radius 2 is 2.06 bits per heavy atom. The fourth-order valence-electron chi connectivity index (χ4n) is 1.83. The van der Waals surface area contributed by atoms with E-state index >= 15 is 0 Å². The molecule has 2 nitrogen and oxygen atoms in total. The predicted octanol–water partition coefficient (Wildman–Crippen LogP) is 3.30. The van der Waals surface area contributed by atoms with E-state index in [0.29, 0.717) is 11.7 Å². The molecule has 1 fully saturated rings. The lowest BCUT2D eigenvalue weighted by molar-refractivity contribution is -0.0267. The van der Waals surface area contributed by atoms with Crippen molar-refractivity contribution < 1.29 is 8.78 Å². The van der Waals surface area contributed by atoms with Gasteiger partial charge in [-0.05, 0) is 29.7 Å². The van der Waals surface area contributed by atoms with Crippen LogP contribution in [-0.4, -0.2) is 24.0 Å². The fraction of sp³-hybridized carbons (Fsp3) is 0.462. The highest BCUT2D eigenvalue weighted by Crippen LogP contribution is 2.32. The van der Waals surface area contributed by atoms with Gasteiger partial charge in [0.15, 0.2) is 0 Å². The molecule has 0 aliphatic carbocycles. The van der Waals surface area contributed by atoms with Crippen LogP contribution in [0.4, 0.5) is 14.6 Å². The molecule has 2 rings (SSSR count). The van der Waals surface area contributed by atoms with E-state index < -0.39 is 5.92 Å². The van der Waals surface area contributed by atoms with Crippen molar-refractivity contribution in [3.05, 3.63) is 30.0 Å². The standard InChI is InChI=1S/C13H16F2N2/c1-4-11-5-10(9(2)3)6-12(16-11)17-7-13(14,15)8-17/h4-6,9H,1,7-8H2,2-3H3. The topological polar surface area (TPSA) is 16.1 Å². The molecule has 92 valence electrons. The minimum atomic E-state index is -2.57. The van der Waals surface area contributed by atoms with Crippen molar-refractivity contribution in [2.45, 2.75) is 25.7 Å². The normalized spacial score (nSPS) is 18.1. The molecule has 1 saturated heterocycles. The second kappa shape index (κ2) is 4.09. The second-order valence-corrected chi connectivity index (χ2v) is 4.75. The van der Waals surface area contributed by atoms with Gasteiger partial charge in [-0.25, -0.2) is 13.8 Å². The third-order valence-electron chi connectivity index (χ3n) is 2.90. The summed E-state index contributed by atoms with van der Waals surface area (Å²) in [4.78, 5) is 5.89. The van der Waals surface area contributed by atoms with Crippen molar-refractivity contribution in [2.24, 2.45) is 0 Å². The number of halogens is 2. The number of hydrogen-bond donors (Lipinski definition) is 0. The molecule has 1 aliphatic heterocycles. The van der Waals surface area contributed by atoms with Crippen LogP contribution in [0, 0.1) is 0 Å². The summed E-state index contributed by atoms with van der Waals surface area (Å²) >= 11 is 0. The zero-order chi connectivity index (χ0) is 12.6. The van der Waals surface area contributed by atoms with Gasteiger partial charge in [-0.15, -0.1) is 0 Å². The maximum Gasteiger partial charge on any atom is 0.282 e. The lowest BCUT2D eigenvalue weighted by Gasteiger charge is -2.39. The maximum absolute atomic E-state index is 12.8. The molecular formula is C13H16F2N2. The summed E-state index contributed by atoms with van der Waals surface area (Å²) in [6, 6.07) is 3.83. The summed E-state index contributed by atoms with van der Waals surface area (Å²) in [5, 5.41) is 0. The van der Waals surface area contributed by atoms with Gasteiger partial charge in [0, 0.05) is 0 Å². The van der Waals surface area contributed by atoms with Gasteiger partial charge in [0.05, 0.1) is 18.8 Å². The van der Waals surface area contributed by atoms with E-state index in [1.807, 2.05) is 12.1 Å². The predicted molar refractivity (Wildman–Crippen MR) is 65.6 cm³/mol. The molecule has 0 unspecified atom stereocenters. The van der Waals surface area contributed by atoms with E-state index in [2.05, 4.69) is 25.4 Å². The molecule has 0 aromatic carbocycles. The lowest BCUT2D eigenvalue weighted by Crippen LogP contribution is -2.56. The van der Waals surface area contributed by atoms with Crippen molar-refractivity contribution in [3.63, 3.8) is 0 Å². The Hall–Kier alpha value is -1.45. The Bertz CT molecular complexity index is 433. The first-order valence-corrected chi connectivity index (χ1v) is 5.68. The first kappa shape index (κ1) is 12.0. The Balaban J connectivity index is 2.28. The van der Waals surface area contributed by atoms with Crippen LogP contribution in [0.25, 0.3) is 6.08 Å². The third kappa shape index (κ3) is 2.46. The third-order valence-corrected chi connectivity index (χ3v) is 2.90. The molecule has 0 spiro atoms. The SMILES string of the molecule is C=Cc1cc(C(C)C)cc(N2CC(F)(F)C2)n1. The molecule has 0 N–H and O–H groups in total.